The number of hydrogen-bond donors (Lipinski definition) is 2. The van der Waals surface area contributed by atoms with Gasteiger partial charge in [-0.15, -0.1) is 0 Å². The monoisotopic (exact) mass is 292 g/mol. The molecule has 0 bridgehead atoms. The van der Waals surface area contributed by atoms with Crippen molar-refractivity contribution in [3.63, 3.8) is 0 Å². The third-order valence-electron chi connectivity index (χ3n) is 3.00. The van der Waals surface area contributed by atoms with E-state index in [9.17, 15) is 4.79 Å². The molecule has 0 aliphatic carbocycles. The van der Waals surface area contributed by atoms with Gasteiger partial charge in [0.1, 0.15) is 6.04 Å². The fourth-order valence-electron chi connectivity index (χ4n) is 2.12. The van der Waals surface area contributed by atoms with Gasteiger partial charge in [0.2, 0.25) is 5.91 Å². The minimum atomic E-state index is -0.628. The van der Waals surface area contributed by atoms with E-state index in [0.29, 0.717) is 5.02 Å². The molecule has 2 rings (SSSR count). The van der Waals surface area contributed by atoms with E-state index >= 15 is 0 Å². The number of carbonyl (C=O) groups excluding carboxylic acids is 1. The van der Waals surface area contributed by atoms with Gasteiger partial charge < -0.3 is 11.1 Å². The van der Waals surface area contributed by atoms with Gasteiger partial charge in [0.25, 0.3) is 0 Å². The summed E-state index contributed by atoms with van der Waals surface area (Å²) in [7, 11) is 1.82. The van der Waals surface area contributed by atoms with Crippen molar-refractivity contribution in [2.75, 3.05) is 5.32 Å². The number of nitrogens with zero attached hydrogens (tertiary/aromatic N) is 2. The molecule has 1 heterocycles. The number of hydrogen-bond acceptors (Lipinski definition) is 3. The first-order chi connectivity index (χ1) is 9.51. The minimum absolute atomic E-state index is 0.451. The zero-order valence-electron chi connectivity index (χ0n) is 11.4. The second kappa shape index (κ2) is 5.96. The summed E-state index contributed by atoms with van der Waals surface area (Å²) in [4.78, 5) is 11.8. The summed E-state index contributed by atoms with van der Waals surface area (Å²) in [6.45, 7) is 1.99. The van der Waals surface area contributed by atoms with Gasteiger partial charge in [-0.1, -0.05) is 24.6 Å². The number of rotatable bonds is 5. The van der Waals surface area contributed by atoms with Crippen LogP contribution in [0.3, 0.4) is 0 Å². The molecule has 0 aliphatic rings. The Labute approximate surface area is 122 Å². The summed E-state index contributed by atoms with van der Waals surface area (Å²) in [5.74, 6) is -0.451. The zero-order valence-corrected chi connectivity index (χ0v) is 12.2. The summed E-state index contributed by atoms with van der Waals surface area (Å²) in [6.07, 6.45) is 2.54. The van der Waals surface area contributed by atoms with Crippen LogP contribution in [0.5, 0.6) is 0 Å². The summed E-state index contributed by atoms with van der Waals surface area (Å²) in [6, 6.07) is 6.54. The summed E-state index contributed by atoms with van der Waals surface area (Å²) in [5, 5.41) is 8.04. The number of primary amides is 1. The molecule has 0 spiro atoms. The van der Waals surface area contributed by atoms with Crippen molar-refractivity contribution in [3.8, 4) is 0 Å². The minimum Gasteiger partial charge on any atom is -0.370 e. The van der Waals surface area contributed by atoms with E-state index in [2.05, 4.69) is 10.4 Å². The Morgan fingerprint density at radius 1 is 1.55 bits per heavy atom. The van der Waals surface area contributed by atoms with Crippen LogP contribution in [0.4, 0.5) is 5.69 Å². The lowest BCUT2D eigenvalue weighted by atomic mass is 10.1. The maximum Gasteiger partial charge on any atom is 0.244 e. The Morgan fingerprint density at radius 2 is 2.30 bits per heavy atom. The van der Waals surface area contributed by atoms with E-state index in [1.54, 1.807) is 16.8 Å². The number of halogens is 1. The normalized spacial score (nSPS) is 12.2. The highest BCUT2D eigenvalue weighted by Crippen LogP contribution is 2.24. The van der Waals surface area contributed by atoms with Gasteiger partial charge in [-0.2, -0.15) is 5.10 Å². The molecule has 0 saturated carbocycles. The first-order valence-electron chi connectivity index (χ1n) is 6.35. The van der Waals surface area contributed by atoms with Crippen LogP contribution in [0.15, 0.2) is 30.5 Å². The topological polar surface area (TPSA) is 72.9 Å². The highest BCUT2D eigenvalue weighted by atomic mass is 35.5. The van der Waals surface area contributed by atoms with E-state index in [-0.39, 0.29) is 0 Å². The molecule has 0 aliphatic heterocycles. The van der Waals surface area contributed by atoms with Crippen LogP contribution in [-0.2, 0) is 18.3 Å². The summed E-state index contributed by atoms with van der Waals surface area (Å²) < 4.78 is 1.68. The first-order valence-corrected chi connectivity index (χ1v) is 6.73. The van der Waals surface area contributed by atoms with Crippen LogP contribution >= 0.6 is 11.6 Å². The summed E-state index contributed by atoms with van der Waals surface area (Å²) >= 11 is 5.94. The molecule has 1 aromatic heterocycles. The molecule has 6 heteroatoms. The number of anilines is 1. The fraction of sp³-hybridized carbons (Fsp3) is 0.286. The van der Waals surface area contributed by atoms with Crippen molar-refractivity contribution in [1.29, 1.82) is 0 Å². The van der Waals surface area contributed by atoms with Crippen molar-refractivity contribution in [3.05, 3.63) is 46.7 Å². The lowest BCUT2D eigenvalue weighted by Crippen LogP contribution is -2.28. The largest absolute Gasteiger partial charge is 0.370 e. The smallest absolute Gasteiger partial charge is 0.244 e. The Morgan fingerprint density at radius 3 is 2.90 bits per heavy atom. The summed E-state index contributed by atoms with van der Waals surface area (Å²) in [5.41, 5.74) is 7.91. The Hall–Kier alpha value is -2.01. The second-order valence-corrected chi connectivity index (χ2v) is 4.98. The Bertz CT molecular complexity index is 623. The molecule has 1 aromatic carbocycles. The van der Waals surface area contributed by atoms with Crippen molar-refractivity contribution < 1.29 is 4.79 Å². The predicted octanol–water partition coefficient (Wildman–Crippen LogP) is 2.27. The molecule has 2 aromatic rings. The molecule has 1 unspecified atom stereocenters. The van der Waals surface area contributed by atoms with Gasteiger partial charge in [0.05, 0.1) is 5.69 Å². The van der Waals surface area contributed by atoms with Crippen molar-refractivity contribution in [2.24, 2.45) is 12.8 Å². The molecule has 3 N–H and O–H groups in total. The lowest BCUT2D eigenvalue weighted by Gasteiger charge is -2.16. The number of amides is 1. The predicted molar refractivity (Wildman–Crippen MR) is 79.6 cm³/mol. The van der Waals surface area contributed by atoms with Crippen LogP contribution in [0, 0.1) is 0 Å². The van der Waals surface area contributed by atoms with Crippen LogP contribution in [0.1, 0.15) is 24.2 Å². The average molecular weight is 293 g/mol. The maximum absolute atomic E-state index is 11.8. The maximum atomic E-state index is 11.8. The quantitative estimate of drug-likeness (QED) is 0.888. The molecular formula is C14H17ClN4O. The van der Waals surface area contributed by atoms with Crippen molar-refractivity contribution >= 4 is 23.2 Å². The highest BCUT2D eigenvalue weighted by molar-refractivity contribution is 6.30. The van der Waals surface area contributed by atoms with Gasteiger partial charge >= 0.3 is 0 Å². The van der Waals surface area contributed by atoms with E-state index in [1.807, 2.05) is 32.3 Å². The second-order valence-electron chi connectivity index (χ2n) is 4.55. The fourth-order valence-corrected chi connectivity index (χ4v) is 2.31. The average Bonchev–Trinajstić information content (AvgIpc) is 2.76. The Kier molecular flexibility index (Phi) is 4.29. The third kappa shape index (κ3) is 3.11. The van der Waals surface area contributed by atoms with Crippen LogP contribution < -0.4 is 11.1 Å². The van der Waals surface area contributed by atoms with Crippen LogP contribution in [-0.4, -0.2) is 15.7 Å². The molecule has 1 atom stereocenters. The van der Waals surface area contributed by atoms with E-state index < -0.39 is 11.9 Å². The first kappa shape index (κ1) is 14.4. The Balaban J connectivity index is 2.34. The number of carbonyl (C=O) groups is 1. The van der Waals surface area contributed by atoms with E-state index in [0.717, 1.165) is 23.4 Å². The van der Waals surface area contributed by atoms with Gasteiger partial charge in [0, 0.05) is 29.5 Å². The number of aryl methyl sites for hydroxylation is 2. The van der Waals surface area contributed by atoms with Crippen LogP contribution in [0.2, 0.25) is 5.02 Å². The van der Waals surface area contributed by atoms with E-state index in [1.165, 1.54) is 0 Å². The van der Waals surface area contributed by atoms with Gasteiger partial charge in [-0.05, 0) is 24.6 Å². The molecule has 20 heavy (non-hydrogen) atoms. The highest BCUT2D eigenvalue weighted by Gasteiger charge is 2.22. The molecule has 0 saturated heterocycles. The van der Waals surface area contributed by atoms with Crippen molar-refractivity contribution in [1.82, 2.24) is 9.78 Å². The molecule has 0 radical (unpaired) electrons. The molecule has 1 amide bonds. The molecular weight excluding hydrogens is 276 g/mol. The van der Waals surface area contributed by atoms with Gasteiger partial charge in [-0.3, -0.25) is 9.48 Å². The van der Waals surface area contributed by atoms with Crippen LogP contribution in [0.25, 0.3) is 0 Å². The number of nitrogens with two attached hydrogens (primary N) is 1. The number of nitrogens with one attached hydrogen (secondary N) is 1. The standard InChI is InChI=1S/C14H17ClN4O/c1-3-12-11(8-19(2)18-12)13(14(16)20)17-10-6-4-5-9(15)7-10/h4-8,13,17H,3H2,1-2H3,(H2,16,20). The van der Waals surface area contributed by atoms with E-state index in [4.69, 9.17) is 17.3 Å². The number of aromatic nitrogens is 2. The molecule has 0 fully saturated rings. The third-order valence-corrected chi connectivity index (χ3v) is 3.24. The lowest BCUT2D eigenvalue weighted by molar-refractivity contribution is -0.118. The molecule has 106 valence electrons. The molecule has 5 nitrogen and oxygen atoms in total. The van der Waals surface area contributed by atoms with Gasteiger partial charge in [-0.25, -0.2) is 0 Å². The number of benzene rings is 1. The van der Waals surface area contributed by atoms with Crippen molar-refractivity contribution in [2.45, 2.75) is 19.4 Å². The van der Waals surface area contributed by atoms with Gasteiger partial charge in [0.15, 0.2) is 0 Å². The zero-order chi connectivity index (χ0) is 14.7. The SMILES string of the molecule is CCc1nn(C)cc1C(Nc1cccc(Cl)c1)C(N)=O.